The van der Waals surface area contributed by atoms with E-state index < -0.39 is 30.6 Å². The van der Waals surface area contributed by atoms with E-state index in [1.165, 1.54) is 30.2 Å². The topological polar surface area (TPSA) is 134 Å². The van der Waals surface area contributed by atoms with Crippen molar-refractivity contribution >= 4 is 40.5 Å². The number of halogens is 1. The first kappa shape index (κ1) is 28.3. The van der Waals surface area contributed by atoms with Crippen LogP contribution in [-0.2, 0) is 11.3 Å². The summed E-state index contributed by atoms with van der Waals surface area (Å²) in [5.74, 6) is -2.25. The van der Waals surface area contributed by atoms with Crippen LogP contribution in [0.15, 0.2) is 78.9 Å². The first-order valence-corrected chi connectivity index (χ1v) is 12.9. The summed E-state index contributed by atoms with van der Waals surface area (Å²) in [6.07, 6.45) is 4.49. The summed E-state index contributed by atoms with van der Waals surface area (Å²) in [6, 6.07) is 20.2. The molecule has 10 heteroatoms. The molecule has 0 saturated heterocycles. The lowest BCUT2D eigenvalue weighted by molar-refractivity contribution is -0.142. The Labute approximate surface area is 231 Å². The van der Waals surface area contributed by atoms with Crippen molar-refractivity contribution in [3.63, 3.8) is 0 Å². The van der Waals surface area contributed by atoms with E-state index in [1.54, 1.807) is 35.2 Å². The molecule has 3 aromatic carbocycles. The number of hydrogen-bond donors (Lipinski definition) is 4. The molecule has 0 spiro atoms. The summed E-state index contributed by atoms with van der Waals surface area (Å²) in [4.78, 5) is 37.9. The predicted octanol–water partition coefficient (Wildman–Crippen LogP) is 5.94. The van der Waals surface area contributed by atoms with Gasteiger partial charge in [0, 0.05) is 22.6 Å². The van der Waals surface area contributed by atoms with Crippen LogP contribution in [-0.4, -0.2) is 35.7 Å². The molecule has 1 aliphatic carbocycles. The van der Waals surface area contributed by atoms with Gasteiger partial charge in [-0.3, -0.25) is 9.69 Å². The highest BCUT2D eigenvalue weighted by molar-refractivity contribution is 6.02. The summed E-state index contributed by atoms with van der Waals surface area (Å²) >= 11 is 0. The van der Waals surface area contributed by atoms with Crippen molar-refractivity contribution in [2.45, 2.75) is 38.4 Å². The lowest BCUT2D eigenvalue weighted by atomic mass is 9.93. The Morgan fingerprint density at radius 1 is 0.975 bits per heavy atom. The number of urea groups is 1. The van der Waals surface area contributed by atoms with E-state index in [1.807, 2.05) is 29.7 Å². The zero-order chi connectivity index (χ0) is 28.5. The molecule has 0 aliphatic heterocycles. The zero-order valence-corrected chi connectivity index (χ0v) is 21.7. The molecule has 1 aliphatic rings. The number of carbonyl (C=O) groups excluding carboxylic acids is 2. The molecule has 208 valence electrons. The van der Waals surface area contributed by atoms with Crippen LogP contribution in [0.3, 0.4) is 0 Å². The average molecular weight is 546 g/mol. The van der Waals surface area contributed by atoms with Crippen LogP contribution >= 0.6 is 0 Å². The van der Waals surface area contributed by atoms with Gasteiger partial charge in [0.1, 0.15) is 0 Å². The van der Waals surface area contributed by atoms with Gasteiger partial charge in [0.2, 0.25) is 6.17 Å². The third-order valence-electron chi connectivity index (χ3n) is 6.58. The summed E-state index contributed by atoms with van der Waals surface area (Å²) in [6.45, 7) is -0.472. The monoisotopic (exact) mass is 545 g/mol. The zero-order valence-electron chi connectivity index (χ0n) is 21.7. The molecule has 0 saturated carbocycles. The summed E-state index contributed by atoms with van der Waals surface area (Å²) in [7, 11) is 0. The number of nitrogens with one attached hydrogen (secondary N) is 3. The van der Waals surface area contributed by atoms with Gasteiger partial charge in [-0.1, -0.05) is 36.4 Å². The highest BCUT2D eigenvalue weighted by atomic mass is 19.1. The van der Waals surface area contributed by atoms with E-state index in [4.69, 9.17) is 5.11 Å². The van der Waals surface area contributed by atoms with Gasteiger partial charge < -0.3 is 26.4 Å². The van der Waals surface area contributed by atoms with E-state index in [-0.39, 0.29) is 12.1 Å². The van der Waals surface area contributed by atoms with E-state index in [0.717, 1.165) is 30.4 Å². The molecule has 0 radical (unpaired) electrons. The number of carboxylic acids is 1. The summed E-state index contributed by atoms with van der Waals surface area (Å²) < 4.78 is 13.3. The fraction of sp³-hybridized carbons (Fsp3) is 0.233. The van der Waals surface area contributed by atoms with Crippen molar-refractivity contribution in [2.75, 3.05) is 22.2 Å². The van der Waals surface area contributed by atoms with Gasteiger partial charge in [0.05, 0.1) is 13.1 Å². The Balaban J connectivity index is 1.53. The normalized spacial score (nSPS) is 13.5. The third kappa shape index (κ3) is 7.45. The first-order chi connectivity index (χ1) is 19.3. The van der Waals surface area contributed by atoms with Gasteiger partial charge in [-0.2, -0.15) is 0 Å². The Hall–Kier alpha value is -4.70. The van der Waals surface area contributed by atoms with Crippen molar-refractivity contribution in [1.82, 2.24) is 5.32 Å². The highest BCUT2D eigenvalue weighted by Gasteiger charge is 2.19. The van der Waals surface area contributed by atoms with Gasteiger partial charge in [-0.05, 0) is 84.8 Å². The van der Waals surface area contributed by atoms with Crippen molar-refractivity contribution < 1.29 is 23.9 Å². The lowest BCUT2D eigenvalue weighted by Crippen LogP contribution is -2.35. The number of amides is 3. The van der Waals surface area contributed by atoms with E-state index >= 15 is 0 Å². The molecule has 1 unspecified atom stereocenters. The minimum atomic E-state index is -2.19. The molecule has 4 N–H and O–H groups in total. The standard InChI is InChI=1S/C30H30FN4O5/c31-27(29(37)38)18-32-28(36)23-11-9-20(10-12-23)19-35(30(39)33-24-7-4-8-25(17-24)34-40)26-15-13-22(14-16-26)21-5-2-1-3-6-21/h4-5,7-17,27,34H,1-3,6,18-19H2,(H,32,36)(H,33,39)(H,37,38)/q-1. The third-order valence-corrected chi connectivity index (χ3v) is 6.58. The summed E-state index contributed by atoms with van der Waals surface area (Å²) in [5.41, 5.74) is 6.58. The van der Waals surface area contributed by atoms with Crippen LogP contribution < -0.4 is 21.0 Å². The molecule has 3 amide bonds. The number of aliphatic carboxylic acids is 1. The second kappa shape index (κ2) is 13.4. The van der Waals surface area contributed by atoms with Gasteiger partial charge >= 0.3 is 12.0 Å². The molecule has 0 aromatic heterocycles. The van der Waals surface area contributed by atoms with Crippen LogP contribution in [0, 0.1) is 5.21 Å². The molecule has 4 rings (SSSR count). The molecular formula is C30H30FN4O5-. The molecule has 3 aromatic rings. The maximum Gasteiger partial charge on any atom is 0.340 e. The fourth-order valence-corrected chi connectivity index (χ4v) is 4.40. The fourth-order valence-electron chi connectivity index (χ4n) is 4.40. The molecule has 40 heavy (non-hydrogen) atoms. The number of anilines is 3. The number of hydrogen-bond acceptors (Lipinski definition) is 5. The number of allylic oxidation sites excluding steroid dienone is 2. The van der Waals surface area contributed by atoms with Gasteiger partial charge in [0.15, 0.2) is 0 Å². The van der Waals surface area contributed by atoms with Crippen molar-refractivity contribution in [3.8, 4) is 0 Å². The quantitative estimate of drug-likeness (QED) is 0.233. The Bertz CT molecular complexity index is 1380. The minimum Gasteiger partial charge on any atom is -0.761 e. The van der Waals surface area contributed by atoms with Gasteiger partial charge in [-0.15, -0.1) is 0 Å². The molecule has 0 bridgehead atoms. The number of carbonyl (C=O) groups is 3. The van der Waals surface area contributed by atoms with Crippen molar-refractivity contribution in [1.29, 1.82) is 0 Å². The number of benzene rings is 3. The highest BCUT2D eigenvalue weighted by Crippen LogP contribution is 2.29. The molecular weight excluding hydrogens is 515 g/mol. The minimum absolute atomic E-state index is 0.168. The van der Waals surface area contributed by atoms with Crippen molar-refractivity contribution in [2.24, 2.45) is 0 Å². The van der Waals surface area contributed by atoms with Crippen LogP contribution in [0.25, 0.3) is 5.57 Å². The van der Waals surface area contributed by atoms with E-state index in [0.29, 0.717) is 17.1 Å². The van der Waals surface area contributed by atoms with E-state index in [9.17, 15) is 24.0 Å². The number of nitrogens with zero attached hydrogens (tertiary/aromatic N) is 1. The summed E-state index contributed by atoms with van der Waals surface area (Å²) in [5, 5.41) is 24.8. The maximum atomic E-state index is 13.4. The second-order valence-corrected chi connectivity index (χ2v) is 9.43. The average Bonchev–Trinajstić information content (AvgIpc) is 2.99. The molecule has 9 nitrogen and oxygen atoms in total. The van der Waals surface area contributed by atoms with Gasteiger partial charge in [0.25, 0.3) is 5.91 Å². The Morgan fingerprint density at radius 3 is 2.35 bits per heavy atom. The Kier molecular flexibility index (Phi) is 9.48. The first-order valence-electron chi connectivity index (χ1n) is 12.9. The maximum absolute atomic E-state index is 13.4. The number of alkyl halides is 1. The lowest BCUT2D eigenvalue weighted by Gasteiger charge is -2.24. The number of carboxylic acid groups (broad SMARTS) is 1. The molecule has 0 heterocycles. The molecule has 1 atom stereocenters. The smallest absolute Gasteiger partial charge is 0.340 e. The van der Waals surface area contributed by atoms with Crippen LogP contribution in [0.4, 0.5) is 26.2 Å². The SMILES string of the molecule is O=C(NCC(F)C(=O)O)c1ccc(CN(C(=O)Nc2cccc(N[O-])c2)c2ccc(C3=CCCCC3)cc2)cc1. The van der Waals surface area contributed by atoms with Gasteiger partial charge in [-0.25, -0.2) is 14.0 Å². The largest absolute Gasteiger partial charge is 0.761 e. The predicted molar refractivity (Wildman–Crippen MR) is 153 cm³/mol. The number of rotatable bonds is 10. The van der Waals surface area contributed by atoms with Crippen molar-refractivity contribution in [3.05, 3.63) is 101 Å². The second-order valence-electron chi connectivity index (χ2n) is 9.43. The molecule has 0 fully saturated rings. The van der Waals surface area contributed by atoms with E-state index in [2.05, 4.69) is 16.7 Å². The van der Waals surface area contributed by atoms with Crippen LogP contribution in [0.1, 0.15) is 47.2 Å². The van der Waals surface area contributed by atoms with Crippen LogP contribution in [0.2, 0.25) is 0 Å². The van der Waals surface area contributed by atoms with Crippen LogP contribution in [0.5, 0.6) is 0 Å². The Morgan fingerprint density at radius 2 is 1.70 bits per heavy atom.